The lowest BCUT2D eigenvalue weighted by molar-refractivity contribution is 0.0696. The van der Waals surface area contributed by atoms with Gasteiger partial charge in [0.2, 0.25) is 0 Å². The third kappa shape index (κ3) is 4.02. The third-order valence-corrected chi connectivity index (χ3v) is 6.08. The standard InChI is InChI=1S/C27H25N3O2/c31-27(32)22-9-4-6-18(16-22)17-28-26-25-23(10-5-11-24(25)29-30-26)21-14-12-20(13-15-21)19-7-2-1-3-8-19/h4-7,9-16H,1-3,8,17H2,(H,31,32)(H2,28,29,30). The van der Waals surface area contributed by atoms with Gasteiger partial charge in [-0.3, -0.25) is 5.10 Å². The number of benzene rings is 3. The van der Waals surface area contributed by atoms with Gasteiger partial charge in [-0.2, -0.15) is 5.10 Å². The molecule has 32 heavy (non-hydrogen) atoms. The second-order valence-corrected chi connectivity index (χ2v) is 8.21. The van der Waals surface area contributed by atoms with E-state index in [0.717, 1.165) is 39.8 Å². The van der Waals surface area contributed by atoms with Crippen molar-refractivity contribution < 1.29 is 9.90 Å². The maximum Gasteiger partial charge on any atom is 0.335 e. The molecule has 0 fully saturated rings. The van der Waals surface area contributed by atoms with Crippen molar-refractivity contribution in [3.05, 3.63) is 89.5 Å². The molecule has 0 saturated carbocycles. The van der Waals surface area contributed by atoms with Crippen molar-refractivity contribution >= 4 is 28.3 Å². The van der Waals surface area contributed by atoms with Crippen LogP contribution in [0.5, 0.6) is 0 Å². The molecule has 1 aromatic heterocycles. The first kappa shape index (κ1) is 20.1. The van der Waals surface area contributed by atoms with E-state index >= 15 is 0 Å². The van der Waals surface area contributed by atoms with Crippen molar-refractivity contribution in [3.8, 4) is 11.1 Å². The summed E-state index contributed by atoms with van der Waals surface area (Å²) in [6.07, 6.45) is 7.27. The molecule has 5 heteroatoms. The third-order valence-electron chi connectivity index (χ3n) is 6.08. The number of aromatic carboxylic acids is 1. The molecule has 0 atom stereocenters. The fourth-order valence-corrected chi connectivity index (χ4v) is 4.41. The minimum atomic E-state index is -0.924. The summed E-state index contributed by atoms with van der Waals surface area (Å²) in [4.78, 5) is 11.2. The topological polar surface area (TPSA) is 78.0 Å². The van der Waals surface area contributed by atoms with Crippen LogP contribution >= 0.6 is 0 Å². The molecular weight excluding hydrogens is 398 g/mol. The van der Waals surface area contributed by atoms with Gasteiger partial charge in [-0.15, -0.1) is 0 Å². The van der Waals surface area contributed by atoms with Crippen molar-refractivity contribution in [1.82, 2.24) is 10.2 Å². The predicted molar refractivity (Wildman–Crippen MR) is 129 cm³/mol. The van der Waals surface area contributed by atoms with Gasteiger partial charge in [-0.25, -0.2) is 4.79 Å². The number of carboxylic acid groups (broad SMARTS) is 1. The number of rotatable bonds is 6. The summed E-state index contributed by atoms with van der Waals surface area (Å²) in [6, 6.07) is 21.9. The van der Waals surface area contributed by atoms with Gasteiger partial charge in [0.15, 0.2) is 5.82 Å². The van der Waals surface area contributed by atoms with E-state index in [-0.39, 0.29) is 5.56 Å². The second kappa shape index (κ2) is 8.71. The van der Waals surface area contributed by atoms with Crippen molar-refractivity contribution in [2.75, 3.05) is 5.32 Å². The minimum Gasteiger partial charge on any atom is -0.478 e. The van der Waals surface area contributed by atoms with Gasteiger partial charge in [0.05, 0.1) is 16.5 Å². The lowest BCUT2D eigenvalue weighted by atomic mass is 9.92. The van der Waals surface area contributed by atoms with E-state index in [4.69, 9.17) is 0 Å². The number of carbonyl (C=O) groups is 1. The van der Waals surface area contributed by atoms with Gasteiger partial charge in [-0.05, 0) is 71.7 Å². The summed E-state index contributed by atoms with van der Waals surface area (Å²) in [7, 11) is 0. The van der Waals surface area contributed by atoms with E-state index < -0.39 is 5.97 Å². The van der Waals surface area contributed by atoms with Crippen LogP contribution in [-0.2, 0) is 6.54 Å². The van der Waals surface area contributed by atoms with Crippen molar-refractivity contribution in [1.29, 1.82) is 0 Å². The van der Waals surface area contributed by atoms with Crippen LogP contribution in [0.4, 0.5) is 5.82 Å². The first-order chi connectivity index (χ1) is 15.7. The Labute approximate surface area is 186 Å². The molecule has 0 radical (unpaired) electrons. The number of anilines is 1. The number of aromatic amines is 1. The molecule has 0 spiro atoms. The first-order valence-corrected chi connectivity index (χ1v) is 11.0. The van der Waals surface area contributed by atoms with E-state index in [2.05, 4.69) is 51.9 Å². The summed E-state index contributed by atoms with van der Waals surface area (Å²) >= 11 is 0. The van der Waals surface area contributed by atoms with Crippen LogP contribution in [0.3, 0.4) is 0 Å². The molecule has 0 bridgehead atoms. The van der Waals surface area contributed by atoms with Gasteiger partial charge in [0.1, 0.15) is 0 Å². The Morgan fingerprint density at radius 3 is 2.59 bits per heavy atom. The van der Waals surface area contributed by atoms with E-state index in [1.807, 2.05) is 18.2 Å². The predicted octanol–water partition coefficient (Wildman–Crippen LogP) is 6.50. The number of carboxylic acids is 1. The largest absolute Gasteiger partial charge is 0.478 e. The lowest BCUT2D eigenvalue weighted by Gasteiger charge is -2.14. The Bertz CT molecular complexity index is 1300. The highest BCUT2D eigenvalue weighted by Gasteiger charge is 2.13. The lowest BCUT2D eigenvalue weighted by Crippen LogP contribution is -2.03. The number of aromatic nitrogens is 2. The molecule has 0 unspecified atom stereocenters. The molecule has 0 aliphatic heterocycles. The second-order valence-electron chi connectivity index (χ2n) is 8.21. The number of H-pyrrole nitrogens is 1. The van der Waals surface area contributed by atoms with E-state index in [0.29, 0.717) is 6.54 Å². The molecule has 0 saturated heterocycles. The van der Waals surface area contributed by atoms with Crippen LogP contribution in [0.2, 0.25) is 0 Å². The summed E-state index contributed by atoms with van der Waals surface area (Å²) in [5.74, 6) is -0.165. The number of fused-ring (bicyclic) bond motifs is 1. The molecular formula is C27H25N3O2. The molecule has 160 valence electrons. The van der Waals surface area contributed by atoms with Crippen LogP contribution in [-0.4, -0.2) is 21.3 Å². The number of hydrogen-bond donors (Lipinski definition) is 3. The molecule has 5 nitrogen and oxygen atoms in total. The number of hydrogen-bond acceptors (Lipinski definition) is 3. The maximum atomic E-state index is 11.2. The average Bonchev–Trinajstić information content (AvgIpc) is 3.27. The Hall–Kier alpha value is -3.86. The van der Waals surface area contributed by atoms with Crippen LogP contribution < -0.4 is 5.32 Å². The van der Waals surface area contributed by atoms with Gasteiger partial charge in [0, 0.05) is 6.54 Å². The fraction of sp³-hybridized carbons (Fsp3) is 0.185. The van der Waals surface area contributed by atoms with Crippen LogP contribution in [0.1, 0.15) is 47.2 Å². The average molecular weight is 424 g/mol. The highest BCUT2D eigenvalue weighted by atomic mass is 16.4. The summed E-state index contributed by atoms with van der Waals surface area (Å²) < 4.78 is 0. The van der Waals surface area contributed by atoms with Crippen LogP contribution in [0.15, 0.2) is 72.8 Å². The Kier molecular flexibility index (Phi) is 5.46. The molecule has 3 N–H and O–H groups in total. The van der Waals surface area contributed by atoms with Gasteiger partial charge in [-0.1, -0.05) is 54.6 Å². The van der Waals surface area contributed by atoms with Crippen molar-refractivity contribution in [3.63, 3.8) is 0 Å². The van der Waals surface area contributed by atoms with E-state index in [9.17, 15) is 9.90 Å². The fourth-order valence-electron chi connectivity index (χ4n) is 4.41. The highest BCUT2D eigenvalue weighted by Crippen LogP contribution is 2.34. The summed E-state index contributed by atoms with van der Waals surface area (Å²) in [6.45, 7) is 0.489. The molecule has 5 rings (SSSR count). The smallest absolute Gasteiger partial charge is 0.335 e. The van der Waals surface area contributed by atoms with Crippen LogP contribution in [0.25, 0.3) is 27.6 Å². The zero-order valence-electron chi connectivity index (χ0n) is 17.8. The normalized spacial score (nSPS) is 13.7. The zero-order chi connectivity index (χ0) is 21.9. The maximum absolute atomic E-state index is 11.2. The quantitative estimate of drug-likeness (QED) is 0.331. The van der Waals surface area contributed by atoms with Crippen molar-refractivity contribution in [2.45, 2.75) is 32.2 Å². The molecule has 3 aromatic carbocycles. The van der Waals surface area contributed by atoms with Gasteiger partial charge in [0.25, 0.3) is 0 Å². The Morgan fingerprint density at radius 1 is 1.00 bits per heavy atom. The monoisotopic (exact) mass is 423 g/mol. The number of allylic oxidation sites excluding steroid dienone is 2. The summed E-state index contributed by atoms with van der Waals surface area (Å²) in [5, 5.41) is 21.2. The molecule has 1 heterocycles. The molecule has 1 aliphatic carbocycles. The van der Waals surface area contributed by atoms with E-state index in [1.165, 1.54) is 30.4 Å². The highest BCUT2D eigenvalue weighted by molar-refractivity contribution is 6.02. The summed E-state index contributed by atoms with van der Waals surface area (Å²) in [5.41, 5.74) is 7.16. The Morgan fingerprint density at radius 2 is 1.81 bits per heavy atom. The molecule has 4 aromatic rings. The van der Waals surface area contributed by atoms with Crippen molar-refractivity contribution in [2.24, 2.45) is 0 Å². The van der Waals surface area contributed by atoms with E-state index in [1.54, 1.807) is 18.2 Å². The minimum absolute atomic E-state index is 0.282. The first-order valence-electron chi connectivity index (χ1n) is 11.0. The molecule has 1 aliphatic rings. The SMILES string of the molecule is O=C(O)c1cccc(CNc2n[nH]c3cccc(-c4ccc(C5=CCCCC5)cc4)c23)c1. The zero-order valence-corrected chi connectivity index (χ0v) is 17.8. The van der Waals surface area contributed by atoms with Gasteiger partial charge >= 0.3 is 5.97 Å². The Balaban J connectivity index is 1.44. The number of nitrogens with zero attached hydrogens (tertiary/aromatic N) is 1. The number of nitrogens with one attached hydrogen (secondary N) is 2. The van der Waals surface area contributed by atoms with Crippen LogP contribution in [0, 0.1) is 0 Å². The van der Waals surface area contributed by atoms with Gasteiger partial charge < -0.3 is 10.4 Å². The molecule has 0 amide bonds.